The van der Waals surface area contributed by atoms with Crippen LogP contribution >= 0.6 is 27.7 Å². The van der Waals surface area contributed by atoms with Crippen LogP contribution in [-0.2, 0) is 0 Å². The van der Waals surface area contributed by atoms with Crippen LogP contribution in [0.4, 0.5) is 0 Å². The third kappa shape index (κ3) is 4.14. The molecule has 1 aliphatic heterocycles. The van der Waals surface area contributed by atoms with Crippen LogP contribution in [0, 0.1) is 5.41 Å². The lowest BCUT2D eigenvalue weighted by Crippen LogP contribution is -2.44. The van der Waals surface area contributed by atoms with E-state index in [1.165, 1.54) is 69.2 Å². The lowest BCUT2D eigenvalue weighted by Gasteiger charge is -2.39. The Bertz CT molecular complexity index is 226. The molecule has 0 N–H and O–H groups in total. The molecule has 17 heavy (non-hydrogen) atoms. The Hall–Kier alpha value is 0.790. The third-order valence-electron chi connectivity index (χ3n) is 4.33. The lowest BCUT2D eigenvalue weighted by atomic mass is 9.82. The molecule has 0 aromatic rings. The standard InChI is InChI=1S/C14H26BrNS/c1-13-10-16(8-9-17-13)12-14(11-15)6-4-2-3-5-7-14/h13H,2-12H2,1H3. The third-order valence-corrected chi connectivity index (χ3v) is 6.66. The molecule has 1 saturated carbocycles. The molecule has 1 nitrogen and oxygen atoms in total. The summed E-state index contributed by atoms with van der Waals surface area (Å²) >= 11 is 5.95. The zero-order valence-electron chi connectivity index (χ0n) is 11.1. The number of rotatable bonds is 3. The number of hydrogen-bond acceptors (Lipinski definition) is 2. The maximum absolute atomic E-state index is 3.81. The molecule has 1 unspecified atom stereocenters. The second kappa shape index (κ2) is 6.81. The van der Waals surface area contributed by atoms with E-state index in [4.69, 9.17) is 0 Å². The highest BCUT2D eigenvalue weighted by Gasteiger charge is 2.33. The fourth-order valence-electron chi connectivity index (χ4n) is 3.32. The number of alkyl halides is 1. The van der Waals surface area contributed by atoms with E-state index >= 15 is 0 Å². The minimum absolute atomic E-state index is 0.582. The van der Waals surface area contributed by atoms with Gasteiger partial charge in [-0.15, -0.1) is 0 Å². The van der Waals surface area contributed by atoms with Crippen molar-refractivity contribution in [1.82, 2.24) is 4.90 Å². The lowest BCUT2D eigenvalue weighted by molar-refractivity contribution is 0.156. The summed E-state index contributed by atoms with van der Waals surface area (Å²) in [6.45, 7) is 6.33. The molecule has 0 amide bonds. The van der Waals surface area contributed by atoms with Gasteiger partial charge in [0, 0.05) is 36.0 Å². The molecule has 1 atom stereocenters. The van der Waals surface area contributed by atoms with Gasteiger partial charge in [0.25, 0.3) is 0 Å². The zero-order valence-corrected chi connectivity index (χ0v) is 13.5. The second-order valence-corrected chi connectivity index (χ2v) is 8.07. The van der Waals surface area contributed by atoms with Crippen LogP contribution in [0.5, 0.6) is 0 Å². The van der Waals surface area contributed by atoms with Crippen molar-refractivity contribution in [3.05, 3.63) is 0 Å². The zero-order chi connectivity index (χ0) is 12.1. The van der Waals surface area contributed by atoms with Gasteiger partial charge in [0.2, 0.25) is 0 Å². The van der Waals surface area contributed by atoms with Crippen molar-refractivity contribution in [2.24, 2.45) is 5.41 Å². The molecule has 0 bridgehead atoms. The van der Waals surface area contributed by atoms with Gasteiger partial charge in [0.15, 0.2) is 0 Å². The van der Waals surface area contributed by atoms with Gasteiger partial charge in [0.05, 0.1) is 0 Å². The SMILES string of the molecule is CC1CN(CC2(CBr)CCCCCC2)CCS1. The second-order valence-electron chi connectivity index (χ2n) is 5.96. The van der Waals surface area contributed by atoms with Crippen LogP contribution in [-0.4, -0.2) is 40.9 Å². The Morgan fingerprint density at radius 3 is 2.53 bits per heavy atom. The molecule has 0 spiro atoms. The highest BCUT2D eigenvalue weighted by molar-refractivity contribution is 9.09. The number of nitrogens with zero attached hydrogens (tertiary/aromatic N) is 1. The molecule has 2 fully saturated rings. The molecule has 2 aliphatic rings. The molecule has 100 valence electrons. The predicted octanol–water partition coefficient (Wildman–Crippen LogP) is 4.16. The summed E-state index contributed by atoms with van der Waals surface area (Å²) in [6.07, 6.45) is 8.70. The van der Waals surface area contributed by atoms with Crippen molar-refractivity contribution in [2.75, 3.05) is 30.7 Å². The van der Waals surface area contributed by atoms with Gasteiger partial charge in [-0.1, -0.05) is 48.5 Å². The molecular weight excluding hydrogens is 294 g/mol. The molecule has 1 aliphatic carbocycles. The van der Waals surface area contributed by atoms with E-state index in [2.05, 4.69) is 39.5 Å². The van der Waals surface area contributed by atoms with Gasteiger partial charge in [0.1, 0.15) is 0 Å². The molecule has 1 saturated heterocycles. The maximum Gasteiger partial charge on any atom is 0.0147 e. The fourth-order valence-corrected chi connectivity index (χ4v) is 5.14. The van der Waals surface area contributed by atoms with E-state index in [1.54, 1.807) is 0 Å². The van der Waals surface area contributed by atoms with Crippen molar-refractivity contribution in [3.8, 4) is 0 Å². The quantitative estimate of drug-likeness (QED) is 0.567. The Balaban J connectivity index is 1.92. The fraction of sp³-hybridized carbons (Fsp3) is 1.00. The molecule has 0 radical (unpaired) electrons. The summed E-state index contributed by atoms with van der Waals surface area (Å²) in [6, 6.07) is 0. The van der Waals surface area contributed by atoms with Gasteiger partial charge in [-0.3, -0.25) is 0 Å². The average molecular weight is 320 g/mol. The van der Waals surface area contributed by atoms with Gasteiger partial charge < -0.3 is 4.90 Å². The van der Waals surface area contributed by atoms with Crippen molar-refractivity contribution in [2.45, 2.75) is 50.7 Å². The summed E-state index contributed by atoms with van der Waals surface area (Å²) in [5.74, 6) is 1.33. The largest absolute Gasteiger partial charge is 0.301 e. The minimum Gasteiger partial charge on any atom is -0.301 e. The van der Waals surface area contributed by atoms with Crippen LogP contribution in [0.2, 0.25) is 0 Å². The van der Waals surface area contributed by atoms with E-state index in [-0.39, 0.29) is 0 Å². The predicted molar refractivity (Wildman–Crippen MR) is 82.3 cm³/mol. The van der Waals surface area contributed by atoms with Crippen molar-refractivity contribution in [1.29, 1.82) is 0 Å². The Kier molecular flexibility index (Phi) is 5.69. The van der Waals surface area contributed by atoms with Gasteiger partial charge in [-0.2, -0.15) is 11.8 Å². The summed E-state index contributed by atoms with van der Waals surface area (Å²) in [7, 11) is 0. The smallest absolute Gasteiger partial charge is 0.0147 e. The summed E-state index contributed by atoms with van der Waals surface area (Å²) in [5.41, 5.74) is 0.582. The number of halogens is 1. The van der Waals surface area contributed by atoms with E-state index < -0.39 is 0 Å². The monoisotopic (exact) mass is 319 g/mol. The van der Waals surface area contributed by atoms with Crippen molar-refractivity contribution >= 4 is 27.7 Å². The van der Waals surface area contributed by atoms with Crippen LogP contribution in [0.15, 0.2) is 0 Å². The molecule has 0 aromatic carbocycles. The number of hydrogen-bond donors (Lipinski definition) is 0. The molecule has 3 heteroatoms. The summed E-state index contributed by atoms with van der Waals surface area (Å²) < 4.78 is 0. The maximum atomic E-state index is 3.81. The average Bonchev–Trinajstić information content (AvgIpc) is 2.55. The molecule has 1 heterocycles. The Labute approximate surface area is 119 Å². The first-order valence-electron chi connectivity index (χ1n) is 7.14. The molecule has 0 aromatic heterocycles. The van der Waals surface area contributed by atoms with Crippen LogP contribution < -0.4 is 0 Å². The van der Waals surface area contributed by atoms with Gasteiger partial charge in [-0.25, -0.2) is 0 Å². The minimum atomic E-state index is 0.582. The first-order valence-corrected chi connectivity index (χ1v) is 9.31. The Morgan fingerprint density at radius 2 is 1.94 bits per heavy atom. The van der Waals surface area contributed by atoms with Crippen molar-refractivity contribution < 1.29 is 0 Å². The van der Waals surface area contributed by atoms with Gasteiger partial charge in [-0.05, 0) is 18.3 Å². The molecular formula is C14H26BrNS. The topological polar surface area (TPSA) is 3.24 Å². The van der Waals surface area contributed by atoms with Crippen LogP contribution in [0.1, 0.15) is 45.4 Å². The van der Waals surface area contributed by atoms with E-state index in [0.717, 1.165) is 5.25 Å². The van der Waals surface area contributed by atoms with E-state index in [0.29, 0.717) is 5.41 Å². The van der Waals surface area contributed by atoms with Crippen molar-refractivity contribution in [3.63, 3.8) is 0 Å². The van der Waals surface area contributed by atoms with Gasteiger partial charge >= 0.3 is 0 Å². The summed E-state index contributed by atoms with van der Waals surface area (Å²) in [4.78, 5) is 2.73. The first kappa shape index (κ1) is 14.2. The highest BCUT2D eigenvalue weighted by Crippen LogP contribution is 2.38. The first-order chi connectivity index (χ1) is 8.24. The van der Waals surface area contributed by atoms with E-state index in [1.807, 2.05) is 0 Å². The summed E-state index contributed by atoms with van der Waals surface area (Å²) in [5, 5.41) is 2.04. The number of thioether (sulfide) groups is 1. The Morgan fingerprint density at radius 1 is 1.24 bits per heavy atom. The highest BCUT2D eigenvalue weighted by atomic mass is 79.9. The van der Waals surface area contributed by atoms with E-state index in [9.17, 15) is 0 Å². The molecule has 2 rings (SSSR count). The van der Waals surface area contributed by atoms with Crippen LogP contribution in [0.25, 0.3) is 0 Å². The normalized spacial score (nSPS) is 31.1. The van der Waals surface area contributed by atoms with Crippen LogP contribution in [0.3, 0.4) is 0 Å².